The number of ether oxygens (including phenoxy) is 3. The van der Waals surface area contributed by atoms with Crippen LogP contribution < -0.4 is 0 Å². The summed E-state index contributed by atoms with van der Waals surface area (Å²) in [6.07, 6.45) is 0.421. The van der Waals surface area contributed by atoms with E-state index in [2.05, 4.69) is 9.97 Å². The standard InChI is InChI=1S/C15H17N3O5/c1-7-8-4-5-18(12(8)17-6-16-7)13-10-9(11(21-13)14(19)20)22-15(2,3)23-10/h4-6,9-11,13H,1-3H3,(H,19,20)/t9?,10?,11-,13+/m0/s1. The third-order valence-corrected chi connectivity index (χ3v) is 4.26. The molecule has 8 nitrogen and oxygen atoms in total. The van der Waals surface area contributed by atoms with E-state index >= 15 is 0 Å². The van der Waals surface area contributed by atoms with Gasteiger partial charge in [-0.05, 0) is 26.8 Å². The lowest BCUT2D eigenvalue weighted by molar-refractivity contribution is -0.202. The molecule has 2 aliphatic rings. The van der Waals surface area contributed by atoms with Crippen LogP contribution in [0.3, 0.4) is 0 Å². The first-order valence-electron chi connectivity index (χ1n) is 7.39. The van der Waals surface area contributed by atoms with Crippen LogP contribution in [0, 0.1) is 6.92 Å². The third kappa shape index (κ3) is 2.13. The molecule has 4 atom stereocenters. The lowest BCUT2D eigenvalue weighted by atomic mass is 10.1. The minimum atomic E-state index is -1.08. The van der Waals surface area contributed by atoms with Gasteiger partial charge in [-0.15, -0.1) is 0 Å². The summed E-state index contributed by atoms with van der Waals surface area (Å²) in [5.41, 5.74) is 1.53. The number of carboxylic acid groups (broad SMARTS) is 1. The van der Waals surface area contributed by atoms with Crippen LogP contribution in [0.15, 0.2) is 18.6 Å². The molecule has 8 heteroatoms. The van der Waals surface area contributed by atoms with Gasteiger partial charge < -0.3 is 23.9 Å². The molecule has 0 radical (unpaired) electrons. The summed E-state index contributed by atoms with van der Waals surface area (Å²) in [6, 6.07) is 1.89. The van der Waals surface area contributed by atoms with Crippen LogP contribution in [0.5, 0.6) is 0 Å². The van der Waals surface area contributed by atoms with Crippen molar-refractivity contribution < 1.29 is 24.1 Å². The Balaban J connectivity index is 1.78. The van der Waals surface area contributed by atoms with Gasteiger partial charge in [0, 0.05) is 11.6 Å². The molecule has 0 saturated carbocycles. The van der Waals surface area contributed by atoms with E-state index in [4.69, 9.17) is 14.2 Å². The van der Waals surface area contributed by atoms with Crippen LogP contribution in [0.2, 0.25) is 0 Å². The van der Waals surface area contributed by atoms with Gasteiger partial charge in [-0.25, -0.2) is 14.8 Å². The first kappa shape index (κ1) is 14.6. The first-order valence-corrected chi connectivity index (χ1v) is 7.39. The van der Waals surface area contributed by atoms with Crippen molar-refractivity contribution in [2.45, 2.75) is 51.1 Å². The Morgan fingerprint density at radius 3 is 2.78 bits per heavy atom. The maximum Gasteiger partial charge on any atom is 0.335 e. The highest BCUT2D eigenvalue weighted by molar-refractivity contribution is 5.78. The number of carboxylic acids is 1. The number of rotatable bonds is 2. The van der Waals surface area contributed by atoms with E-state index in [-0.39, 0.29) is 0 Å². The summed E-state index contributed by atoms with van der Waals surface area (Å²) >= 11 is 0. The summed E-state index contributed by atoms with van der Waals surface area (Å²) < 4.78 is 19.1. The lowest BCUT2D eigenvalue weighted by Crippen LogP contribution is -2.35. The molecule has 122 valence electrons. The van der Waals surface area contributed by atoms with Gasteiger partial charge in [0.2, 0.25) is 0 Å². The molecule has 0 aliphatic carbocycles. The fourth-order valence-corrected chi connectivity index (χ4v) is 3.30. The zero-order valence-corrected chi connectivity index (χ0v) is 13.0. The first-order chi connectivity index (χ1) is 10.9. The van der Waals surface area contributed by atoms with E-state index in [0.717, 1.165) is 11.1 Å². The molecule has 2 aromatic heterocycles. The Morgan fingerprint density at radius 1 is 1.30 bits per heavy atom. The smallest absolute Gasteiger partial charge is 0.335 e. The zero-order chi connectivity index (χ0) is 16.4. The van der Waals surface area contributed by atoms with Crippen LogP contribution in [0.25, 0.3) is 11.0 Å². The highest BCUT2D eigenvalue weighted by atomic mass is 16.8. The molecular formula is C15H17N3O5. The van der Waals surface area contributed by atoms with Crippen molar-refractivity contribution in [3.63, 3.8) is 0 Å². The molecular weight excluding hydrogens is 302 g/mol. The Kier molecular flexibility index (Phi) is 2.99. The van der Waals surface area contributed by atoms with Crippen LogP contribution in [0.4, 0.5) is 0 Å². The maximum absolute atomic E-state index is 11.5. The number of aryl methyl sites for hydroxylation is 1. The highest BCUT2D eigenvalue weighted by Crippen LogP contribution is 2.43. The van der Waals surface area contributed by atoms with Crippen molar-refractivity contribution in [3.8, 4) is 0 Å². The van der Waals surface area contributed by atoms with Crippen molar-refractivity contribution in [2.75, 3.05) is 0 Å². The fourth-order valence-electron chi connectivity index (χ4n) is 3.30. The highest BCUT2D eigenvalue weighted by Gasteiger charge is 2.58. The second-order valence-electron chi connectivity index (χ2n) is 6.27. The van der Waals surface area contributed by atoms with Gasteiger partial charge in [0.15, 0.2) is 18.1 Å². The number of hydrogen-bond acceptors (Lipinski definition) is 6. The summed E-state index contributed by atoms with van der Waals surface area (Å²) in [5, 5.41) is 10.3. The summed E-state index contributed by atoms with van der Waals surface area (Å²) in [5.74, 6) is -1.91. The predicted molar refractivity (Wildman–Crippen MR) is 77.6 cm³/mol. The molecule has 23 heavy (non-hydrogen) atoms. The van der Waals surface area contributed by atoms with Crippen LogP contribution in [-0.2, 0) is 19.0 Å². The summed E-state index contributed by atoms with van der Waals surface area (Å²) in [6.45, 7) is 5.42. The van der Waals surface area contributed by atoms with E-state index in [1.54, 1.807) is 18.4 Å². The molecule has 2 fully saturated rings. The van der Waals surface area contributed by atoms with Gasteiger partial charge in [0.25, 0.3) is 0 Å². The number of aromatic nitrogens is 3. The Morgan fingerprint density at radius 2 is 2.04 bits per heavy atom. The van der Waals surface area contributed by atoms with Crippen LogP contribution >= 0.6 is 0 Å². The van der Waals surface area contributed by atoms with E-state index < -0.39 is 36.3 Å². The molecule has 4 heterocycles. The van der Waals surface area contributed by atoms with Gasteiger partial charge >= 0.3 is 5.97 Å². The quantitative estimate of drug-likeness (QED) is 0.889. The van der Waals surface area contributed by atoms with E-state index in [0.29, 0.717) is 5.65 Å². The van der Waals surface area contributed by atoms with Crippen molar-refractivity contribution >= 4 is 17.0 Å². The Labute approximate surface area is 132 Å². The molecule has 2 saturated heterocycles. The summed E-state index contributed by atoms with van der Waals surface area (Å²) in [7, 11) is 0. The lowest BCUT2D eigenvalue weighted by Gasteiger charge is -2.24. The largest absolute Gasteiger partial charge is 0.479 e. The SMILES string of the molecule is Cc1ncnc2c1ccn2[C@@H]1O[C@H](C(=O)O)C2OC(C)(C)OC21. The zero-order valence-electron chi connectivity index (χ0n) is 13.0. The van der Waals surface area contributed by atoms with E-state index in [1.165, 1.54) is 6.33 Å². The van der Waals surface area contributed by atoms with Gasteiger partial charge in [-0.1, -0.05) is 0 Å². The number of nitrogens with zero attached hydrogens (tertiary/aromatic N) is 3. The number of carbonyl (C=O) groups is 1. The molecule has 0 aromatic carbocycles. The number of fused-ring (bicyclic) bond motifs is 2. The molecule has 1 N–H and O–H groups in total. The predicted octanol–water partition coefficient (Wildman–Crippen LogP) is 1.24. The molecule has 2 aliphatic heterocycles. The topological polar surface area (TPSA) is 95.7 Å². The maximum atomic E-state index is 11.5. The minimum Gasteiger partial charge on any atom is -0.479 e. The van der Waals surface area contributed by atoms with Gasteiger partial charge in [-0.2, -0.15) is 0 Å². The van der Waals surface area contributed by atoms with Gasteiger partial charge in [0.1, 0.15) is 24.2 Å². The van der Waals surface area contributed by atoms with E-state index in [1.807, 2.05) is 19.2 Å². The average Bonchev–Trinajstić information content (AvgIpc) is 3.09. The van der Waals surface area contributed by atoms with Crippen molar-refractivity contribution in [1.29, 1.82) is 0 Å². The van der Waals surface area contributed by atoms with E-state index in [9.17, 15) is 9.90 Å². The Hall–Kier alpha value is -2.03. The minimum absolute atomic E-state index is 0.517. The molecule has 2 unspecified atom stereocenters. The molecule has 4 rings (SSSR count). The number of hydrogen-bond donors (Lipinski definition) is 1. The number of aliphatic carboxylic acids is 1. The second-order valence-corrected chi connectivity index (χ2v) is 6.27. The fraction of sp³-hybridized carbons (Fsp3) is 0.533. The average molecular weight is 319 g/mol. The molecule has 0 amide bonds. The van der Waals surface area contributed by atoms with Gasteiger partial charge in [-0.3, -0.25) is 0 Å². The van der Waals surface area contributed by atoms with Crippen LogP contribution in [-0.4, -0.2) is 49.7 Å². The summed E-state index contributed by atoms with van der Waals surface area (Å²) in [4.78, 5) is 20.0. The van der Waals surface area contributed by atoms with Gasteiger partial charge in [0.05, 0.1) is 5.69 Å². The molecule has 2 aromatic rings. The molecule has 0 spiro atoms. The third-order valence-electron chi connectivity index (χ3n) is 4.26. The van der Waals surface area contributed by atoms with Crippen LogP contribution in [0.1, 0.15) is 25.8 Å². The monoisotopic (exact) mass is 319 g/mol. The normalized spacial score (nSPS) is 32.3. The Bertz CT molecular complexity index is 787. The van der Waals surface area contributed by atoms with Crippen molar-refractivity contribution in [1.82, 2.24) is 14.5 Å². The van der Waals surface area contributed by atoms with Crippen molar-refractivity contribution in [2.24, 2.45) is 0 Å². The van der Waals surface area contributed by atoms with Crippen molar-refractivity contribution in [3.05, 3.63) is 24.3 Å². The molecule has 0 bridgehead atoms. The second kappa shape index (κ2) is 4.73.